The number of methoxy groups -OCH3 is 6. The van der Waals surface area contributed by atoms with Gasteiger partial charge in [0.1, 0.15) is 20.9 Å². The maximum absolute atomic E-state index is 11.9. The number of phenols is 1. The van der Waals surface area contributed by atoms with Crippen molar-refractivity contribution in [2.75, 3.05) is 81.9 Å². The molecule has 0 spiro atoms. The van der Waals surface area contributed by atoms with Gasteiger partial charge in [0.05, 0.1) is 161 Å². The number of carboxylic acids is 2. The fraction of sp³-hybridized carbons (Fsp3) is 0.521. The van der Waals surface area contributed by atoms with Gasteiger partial charge in [-0.15, -0.1) is 0 Å². The third-order valence-corrected chi connectivity index (χ3v) is 24.0. The average Bonchev–Trinajstić information content (AvgIpc) is 0.821. The van der Waals surface area contributed by atoms with Crippen molar-refractivity contribution in [2.45, 2.75) is 247 Å². The summed E-state index contributed by atoms with van der Waals surface area (Å²) in [7, 11) is 1.96. The fourth-order valence-corrected chi connectivity index (χ4v) is 17.1. The van der Waals surface area contributed by atoms with Crippen LogP contribution in [0.5, 0.6) is 69.0 Å². The Morgan fingerprint density at radius 3 is 0.993 bits per heavy atom. The number of aromatic hydroxyl groups is 1. The molecule has 3 radical (unpaired) electrons. The second kappa shape index (κ2) is 73.2. The molecule has 0 bridgehead atoms. The van der Waals surface area contributed by atoms with E-state index in [1.807, 2.05) is 58.9 Å². The Morgan fingerprint density at radius 1 is 0.410 bits per heavy atom. The van der Waals surface area contributed by atoms with Crippen molar-refractivity contribution in [3.8, 4) is 75.1 Å². The molecule has 144 heavy (non-hydrogen) atoms. The van der Waals surface area contributed by atoms with Crippen molar-refractivity contribution in [2.24, 2.45) is 0 Å². The number of benzene rings is 6. The molecular formula is C96H140BN6NaO36PSi3. The SMILES string of the molecule is COc1cc(C=O)c([N+](=O)[O-])cc1OCCCCCC(=O)O.COc1cc(C=O)c([N+](=O)[O-])cc1OCCCCCC(=O)O[Si](C)(C)C.COc1cc(C=O)ccc1O.COc1cc(C=O)ccc1OCCCCCC(=O)O.COc1cc(CO)c([N+](=O)[O-])cc1OCCCCCC(=O)O[Si](C)(C)C.COc1cc(COP(CCC#N)N(C(C)C)C(C)C)c([N+](=O)[O-])cc1OCCCCCC(=O)O[Si](C)(C)C.[B].[H-].[Na+]. The molecule has 0 aliphatic heterocycles. The van der Waals surface area contributed by atoms with Crippen molar-refractivity contribution < 1.29 is 184 Å². The molecule has 42 nitrogen and oxygen atoms in total. The Bertz CT molecular complexity index is 5060. The largest absolute Gasteiger partial charge is 1.00 e. The minimum atomic E-state index is -1.87. The number of nitro benzene ring substituents is 4. The van der Waals surface area contributed by atoms with Gasteiger partial charge in [-0.25, -0.2) is 0 Å². The molecule has 4 N–H and O–H groups in total. The number of phenolic OH excluding ortho intramolecular Hbond substituents is 1. The van der Waals surface area contributed by atoms with Crippen LogP contribution in [0.4, 0.5) is 22.7 Å². The number of hydrogen-bond acceptors (Lipinski definition) is 36. The molecule has 0 aromatic heterocycles. The minimum Gasteiger partial charge on any atom is -1.00 e. The standard InChI is InChI=1S/C26H44N3O7PSi.C17H27NO7Si.C17H25NO7Si.C14H17NO7.C14H18O5.C8H8O3.B.Na.H/c1-20(2)28(21(3)4)37(16-12-14-27)35-19-22-17-24(33-5)25(18-23(22)29(31)32)34-15-11-9-10-13-26(30)36-38(6,7)8;2*1-23-15-10-13(12-19)14(18(21)22)11-16(15)24-9-7-5-6-8-17(20)25-26(2,3)4;1-21-12-7-10(9-16)11(15(19)20)8-13(12)22-6-4-2-3-5-14(17)18;1-18-13-9-11(10-15)6-7-12(13)19-8-4-2-3-5-14(16)17;1-11-8-4-6(5-9)2-3-7(8)10;;;/h17-18,20-21H,9-13,15-16,19H2,1-8H3;10-11,19H,5-9,12H2,1-4H3;10-12H,5-9H2,1-4H3;7-9H,2-6H2,1H3,(H,17,18);6-7,9-10H,2-5,8H2,1H3,(H,16,17);2-5,10H,1H3;;;/q;;;;;;;+1;-1. The van der Waals surface area contributed by atoms with E-state index in [2.05, 4.69) is 38.4 Å². The van der Waals surface area contributed by atoms with Gasteiger partial charge in [-0.05, 0) is 231 Å². The molecule has 0 aliphatic carbocycles. The molecule has 0 heterocycles. The number of nitriles is 1. The van der Waals surface area contributed by atoms with Gasteiger partial charge in [-0.1, -0.05) is 0 Å². The third kappa shape index (κ3) is 55.8. The summed E-state index contributed by atoms with van der Waals surface area (Å²) in [4.78, 5) is 141. The normalized spacial score (nSPS) is 10.8. The second-order valence-electron chi connectivity index (χ2n) is 34.6. The number of aliphatic carboxylic acids is 2. The molecule has 0 amide bonds. The molecule has 0 saturated carbocycles. The summed E-state index contributed by atoms with van der Waals surface area (Å²) in [5.74, 6) is 1.50. The Balaban J connectivity index is -0.00000171. The van der Waals surface area contributed by atoms with E-state index in [1.54, 1.807) is 24.3 Å². The van der Waals surface area contributed by atoms with Gasteiger partial charge in [0.15, 0.2) is 81.6 Å². The van der Waals surface area contributed by atoms with Gasteiger partial charge < -0.3 is 91.8 Å². The van der Waals surface area contributed by atoms with Gasteiger partial charge in [-0.2, -0.15) is 5.26 Å². The maximum Gasteiger partial charge on any atom is 1.00 e. The molecule has 6 aromatic carbocycles. The second-order valence-corrected chi connectivity index (χ2v) is 49.7. The zero-order chi connectivity index (χ0) is 107. The van der Waals surface area contributed by atoms with Gasteiger partial charge in [0.25, 0.3) is 40.7 Å². The summed E-state index contributed by atoms with van der Waals surface area (Å²) in [5.41, 5.74) is 0.419. The minimum absolute atomic E-state index is 0. The zero-order valence-corrected chi connectivity index (χ0v) is 92.0. The number of unbranched alkanes of at least 4 members (excludes halogenated alkanes) is 10. The van der Waals surface area contributed by atoms with E-state index >= 15 is 0 Å². The Morgan fingerprint density at radius 2 is 0.701 bits per heavy atom. The molecule has 6 rings (SSSR count). The summed E-state index contributed by atoms with van der Waals surface area (Å²) in [6, 6.07) is 22.5. The molecule has 48 heteroatoms. The van der Waals surface area contributed by atoms with Crippen LogP contribution in [-0.2, 0) is 55.0 Å². The molecule has 0 fully saturated rings. The summed E-state index contributed by atoms with van der Waals surface area (Å²) in [5, 5.41) is 89.3. The van der Waals surface area contributed by atoms with Crippen molar-refractivity contribution in [1.82, 2.24) is 4.67 Å². The van der Waals surface area contributed by atoms with Crippen LogP contribution < -0.4 is 81.7 Å². The number of aliphatic hydroxyl groups is 1. The number of nitro groups is 4. The first-order valence-corrected chi connectivity index (χ1v) is 57.4. The molecule has 1 unspecified atom stereocenters. The number of carboxylic acid groups (broad SMARTS) is 2. The van der Waals surface area contributed by atoms with Crippen LogP contribution in [0.1, 0.15) is 217 Å². The number of nitrogens with zero attached hydrogens (tertiary/aromatic N) is 6. The molecule has 0 saturated heterocycles. The van der Waals surface area contributed by atoms with E-state index in [1.165, 1.54) is 97.3 Å². The Hall–Kier alpha value is -11.9. The molecule has 0 aliphatic rings. The van der Waals surface area contributed by atoms with Crippen LogP contribution >= 0.6 is 8.30 Å². The number of rotatable bonds is 61. The number of aliphatic hydroxyl groups excluding tert-OH is 1. The molecule has 6 aromatic rings. The summed E-state index contributed by atoms with van der Waals surface area (Å²) >= 11 is 0. The van der Waals surface area contributed by atoms with E-state index in [0.717, 1.165) is 44.5 Å². The van der Waals surface area contributed by atoms with Crippen molar-refractivity contribution >= 4 is 119 Å². The van der Waals surface area contributed by atoms with Gasteiger partial charge in [0, 0.05) is 88.4 Å². The number of carbonyl (C=O) groups is 9. The smallest absolute Gasteiger partial charge is 1.00 e. The van der Waals surface area contributed by atoms with E-state index in [0.29, 0.717) is 193 Å². The average molecular weight is 2100 g/mol. The van der Waals surface area contributed by atoms with Crippen LogP contribution in [-0.4, -0.2) is 227 Å². The van der Waals surface area contributed by atoms with Crippen molar-refractivity contribution in [3.63, 3.8) is 0 Å². The van der Waals surface area contributed by atoms with E-state index in [9.17, 15) is 88.7 Å². The van der Waals surface area contributed by atoms with E-state index < -0.39 is 71.5 Å². The van der Waals surface area contributed by atoms with E-state index in [-0.39, 0.29) is 169 Å². The first-order valence-electron chi connectivity index (χ1n) is 45.8. The maximum atomic E-state index is 11.9. The first kappa shape index (κ1) is 134. The monoisotopic (exact) mass is 2100 g/mol. The quantitative estimate of drug-likeness (QED) is 0.00688. The molecular weight excluding hydrogens is 1960 g/mol. The molecule has 1 atom stereocenters. The van der Waals surface area contributed by atoms with E-state index in [4.69, 9.17) is 90.5 Å². The van der Waals surface area contributed by atoms with Crippen LogP contribution in [0, 0.1) is 51.8 Å². The number of aldehydes is 4. The van der Waals surface area contributed by atoms with Crippen LogP contribution in [0.2, 0.25) is 58.9 Å². The van der Waals surface area contributed by atoms with Crippen molar-refractivity contribution in [1.29, 1.82) is 5.26 Å². The molecule has 791 valence electrons. The fourth-order valence-electron chi connectivity index (χ4n) is 12.6. The number of carbonyl (C=O) groups excluding carboxylic acids is 7. The van der Waals surface area contributed by atoms with Crippen LogP contribution in [0.15, 0.2) is 84.9 Å². The summed E-state index contributed by atoms with van der Waals surface area (Å²) in [6.07, 6.45) is 15.1. The zero-order valence-electron chi connectivity index (χ0n) is 87.1. The van der Waals surface area contributed by atoms with Crippen LogP contribution in [0.25, 0.3) is 0 Å². The van der Waals surface area contributed by atoms with Gasteiger partial charge in [0.2, 0.25) is 25.0 Å². The topological polar surface area (TPSA) is 573 Å². The Kier molecular flexibility index (Phi) is 68.2. The third-order valence-electron chi connectivity index (χ3n) is 19.0. The summed E-state index contributed by atoms with van der Waals surface area (Å²) < 4.78 is 83.3. The van der Waals surface area contributed by atoms with Gasteiger partial charge >= 0.3 is 41.5 Å². The summed E-state index contributed by atoms with van der Waals surface area (Å²) in [6.45, 7) is 27.3. The van der Waals surface area contributed by atoms with Crippen LogP contribution in [0.3, 0.4) is 0 Å². The van der Waals surface area contributed by atoms with Crippen molar-refractivity contribution in [3.05, 3.63) is 159 Å². The predicted octanol–water partition coefficient (Wildman–Crippen LogP) is 16.8. The number of hydrogen-bond donors (Lipinski definition) is 4. The Labute approximate surface area is 870 Å². The first-order chi connectivity index (χ1) is 67.1. The van der Waals surface area contributed by atoms with Gasteiger partial charge in [-0.3, -0.25) is 88.3 Å². The number of ether oxygens (including phenoxy) is 11. The predicted molar refractivity (Wildman–Crippen MR) is 543 cm³/mol.